The van der Waals surface area contributed by atoms with E-state index in [4.69, 9.17) is 9.97 Å². The Kier molecular flexibility index (Phi) is 4.00. The second kappa shape index (κ2) is 6.75. The fourth-order valence-corrected chi connectivity index (χ4v) is 5.46. The Hall–Kier alpha value is -3.04. The van der Waals surface area contributed by atoms with Crippen molar-refractivity contribution in [2.75, 3.05) is 30.4 Å². The first kappa shape index (κ1) is 17.8. The highest BCUT2D eigenvalue weighted by Gasteiger charge is 2.41. The number of rotatable bonds is 4. The molecule has 2 aliphatic rings. The fraction of sp³-hybridized carbons (Fsp3) is 0.333. The van der Waals surface area contributed by atoms with Crippen LogP contribution in [0, 0.1) is 0 Å². The minimum Gasteiger partial charge on any atom is -0.351 e. The van der Waals surface area contributed by atoms with Gasteiger partial charge < -0.3 is 14.8 Å². The van der Waals surface area contributed by atoms with Crippen LogP contribution in [0.4, 0.5) is 17.5 Å². The third-order valence-electron chi connectivity index (χ3n) is 6.09. The van der Waals surface area contributed by atoms with Gasteiger partial charge in [0.2, 0.25) is 0 Å². The van der Waals surface area contributed by atoms with Crippen LogP contribution in [0.25, 0.3) is 21.0 Å². The lowest BCUT2D eigenvalue weighted by molar-refractivity contribution is 0.292. The summed E-state index contributed by atoms with van der Waals surface area (Å²) in [6.07, 6.45) is 6.81. The molecule has 6 heterocycles. The Morgan fingerprint density at radius 3 is 2.77 bits per heavy atom. The van der Waals surface area contributed by atoms with Crippen molar-refractivity contribution in [3.63, 3.8) is 0 Å². The number of thiazole rings is 1. The molecule has 0 amide bonds. The second-order valence-corrected chi connectivity index (χ2v) is 9.09. The zero-order chi connectivity index (χ0) is 20.2. The molecule has 2 bridgehead atoms. The molecule has 0 saturated carbocycles. The van der Waals surface area contributed by atoms with Crippen molar-refractivity contribution in [2.24, 2.45) is 7.05 Å². The number of imidazole rings is 1. The second-order valence-electron chi connectivity index (χ2n) is 8.06. The number of hydrogen-bond donors (Lipinski definition) is 1. The van der Waals surface area contributed by atoms with Crippen LogP contribution in [-0.2, 0) is 7.05 Å². The van der Waals surface area contributed by atoms with E-state index in [0.29, 0.717) is 12.1 Å². The summed E-state index contributed by atoms with van der Waals surface area (Å²) in [5.41, 5.74) is 0.909. The zero-order valence-electron chi connectivity index (χ0n) is 16.9. The number of anilines is 3. The average molecular weight is 419 g/mol. The maximum atomic E-state index is 4.86. The molecule has 4 aromatic heterocycles. The summed E-state index contributed by atoms with van der Waals surface area (Å²) in [7, 11) is 4.19. The third kappa shape index (κ3) is 2.93. The van der Waals surface area contributed by atoms with Gasteiger partial charge in [-0.05, 0) is 25.6 Å². The van der Waals surface area contributed by atoms with Crippen molar-refractivity contribution >= 4 is 39.0 Å². The Bertz CT molecular complexity index is 1230. The van der Waals surface area contributed by atoms with Crippen LogP contribution >= 0.6 is 11.3 Å². The summed E-state index contributed by atoms with van der Waals surface area (Å²) >= 11 is 1.60. The van der Waals surface area contributed by atoms with Crippen LogP contribution in [0.1, 0.15) is 6.42 Å². The molecule has 2 saturated heterocycles. The molecular formula is C21H22N8S. The van der Waals surface area contributed by atoms with Crippen LogP contribution in [-0.4, -0.2) is 61.6 Å². The number of pyridine rings is 2. The Balaban J connectivity index is 1.25. The Labute approximate surface area is 178 Å². The highest BCUT2D eigenvalue weighted by Crippen LogP contribution is 2.34. The third-order valence-corrected chi connectivity index (χ3v) is 7.09. The van der Waals surface area contributed by atoms with Gasteiger partial charge >= 0.3 is 0 Å². The van der Waals surface area contributed by atoms with Crippen molar-refractivity contribution < 1.29 is 0 Å². The molecule has 0 aliphatic carbocycles. The normalized spacial score (nSPS) is 21.1. The maximum absolute atomic E-state index is 4.86. The zero-order valence-corrected chi connectivity index (χ0v) is 17.7. The van der Waals surface area contributed by atoms with Crippen LogP contribution < -0.4 is 10.2 Å². The van der Waals surface area contributed by atoms with Crippen molar-refractivity contribution in [3.05, 3.63) is 42.9 Å². The summed E-state index contributed by atoms with van der Waals surface area (Å²) in [6, 6.07) is 9.32. The minimum absolute atomic E-state index is 0.566. The number of fused-ring (bicyclic) bond motifs is 3. The van der Waals surface area contributed by atoms with Crippen LogP contribution in [0.3, 0.4) is 0 Å². The van der Waals surface area contributed by atoms with Crippen molar-refractivity contribution in [3.8, 4) is 10.8 Å². The summed E-state index contributed by atoms with van der Waals surface area (Å²) in [6.45, 7) is 2.17. The highest BCUT2D eigenvalue weighted by molar-refractivity contribution is 7.21. The molecule has 0 radical (unpaired) electrons. The van der Waals surface area contributed by atoms with Crippen molar-refractivity contribution in [1.82, 2.24) is 29.4 Å². The largest absolute Gasteiger partial charge is 0.351 e. The minimum atomic E-state index is 0.566. The van der Waals surface area contributed by atoms with E-state index in [1.165, 1.54) is 6.42 Å². The van der Waals surface area contributed by atoms with Crippen LogP contribution in [0.5, 0.6) is 0 Å². The Morgan fingerprint density at radius 2 is 2.00 bits per heavy atom. The summed E-state index contributed by atoms with van der Waals surface area (Å²) < 4.78 is 3.01. The van der Waals surface area contributed by atoms with Crippen LogP contribution in [0.2, 0.25) is 0 Å². The number of likely N-dealkylation sites (N-methyl/N-ethyl adjacent to an activating group) is 1. The first-order chi connectivity index (χ1) is 14.6. The van der Waals surface area contributed by atoms with E-state index in [2.05, 4.69) is 44.3 Å². The molecular weight excluding hydrogens is 396 g/mol. The first-order valence-corrected chi connectivity index (χ1v) is 10.9. The number of piperazine rings is 1. The van der Waals surface area contributed by atoms with E-state index in [9.17, 15) is 0 Å². The van der Waals surface area contributed by atoms with Crippen molar-refractivity contribution in [2.45, 2.75) is 18.5 Å². The topological polar surface area (TPSA) is 75.0 Å². The van der Waals surface area contributed by atoms with Gasteiger partial charge in [-0.25, -0.2) is 19.9 Å². The molecule has 0 aromatic carbocycles. The number of nitrogens with one attached hydrogen (secondary N) is 1. The van der Waals surface area contributed by atoms with Crippen molar-refractivity contribution in [1.29, 1.82) is 0 Å². The molecule has 4 aromatic rings. The van der Waals surface area contributed by atoms with E-state index >= 15 is 0 Å². The van der Waals surface area contributed by atoms with Gasteiger partial charge in [0.15, 0.2) is 10.8 Å². The van der Waals surface area contributed by atoms with Crippen LogP contribution in [0.15, 0.2) is 42.9 Å². The van der Waals surface area contributed by atoms with Gasteiger partial charge in [0.25, 0.3) is 0 Å². The first-order valence-electron chi connectivity index (χ1n) is 10.1. The number of likely N-dealkylation sites (tertiary alicyclic amines) is 1. The lowest BCUT2D eigenvalue weighted by Gasteiger charge is -2.32. The quantitative estimate of drug-likeness (QED) is 0.546. The predicted octanol–water partition coefficient (Wildman–Crippen LogP) is 3.12. The molecule has 9 heteroatoms. The van der Waals surface area contributed by atoms with Gasteiger partial charge in [0.1, 0.15) is 17.5 Å². The number of aromatic nitrogens is 5. The SMILES string of the molecule is CN1C[C@@H]2C[C@H]1CN2c1cccc(Nc2cc3nc(-c4nccn4C)sc3cn2)n1. The Morgan fingerprint density at radius 1 is 1.07 bits per heavy atom. The van der Waals surface area contributed by atoms with Gasteiger partial charge in [-0.3, -0.25) is 4.90 Å². The number of nitrogens with zero attached hydrogens (tertiary/aromatic N) is 7. The molecule has 2 aliphatic heterocycles. The smallest absolute Gasteiger partial charge is 0.168 e. The summed E-state index contributed by atoms with van der Waals surface area (Å²) in [4.78, 5) is 23.5. The molecule has 30 heavy (non-hydrogen) atoms. The summed E-state index contributed by atoms with van der Waals surface area (Å²) in [5.74, 6) is 3.44. The van der Waals surface area contributed by atoms with E-state index < -0.39 is 0 Å². The van der Waals surface area contributed by atoms with E-state index in [0.717, 1.165) is 51.6 Å². The maximum Gasteiger partial charge on any atom is 0.168 e. The molecule has 2 atom stereocenters. The molecule has 0 unspecified atom stereocenters. The van der Waals surface area contributed by atoms with Gasteiger partial charge in [-0.1, -0.05) is 6.07 Å². The predicted molar refractivity (Wildman–Crippen MR) is 119 cm³/mol. The van der Waals surface area contributed by atoms with E-state index in [1.54, 1.807) is 17.5 Å². The number of hydrogen-bond acceptors (Lipinski definition) is 8. The molecule has 6 rings (SSSR count). The molecule has 152 valence electrons. The lowest BCUT2D eigenvalue weighted by Crippen LogP contribution is -2.44. The van der Waals surface area contributed by atoms with Gasteiger partial charge in [-0.15, -0.1) is 11.3 Å². The number of aryl methyl sites for hydroxylation is 1. The standard InChI is InChI=1S/C21H22N8S/c1-27-7-6-22-20(27)21-24-15-9-18(23-10-16(15)30-21)25-17-4-3-5-19(26-17)29-12-13-8-14(29)11-28(13)2/h3-7,9-10,13-14H,8,11-12H2,1-2H3,(H,23,25,26)/t13-,14-/m0/s1. The van der Waals surface area contributed by atoms with Gasteiger partial charge in [0, 0.05) is 56.9 Å². The summed E-state index contributed by atoms with van der Waals surface area (Å²) in [5, 5.41) is 4.25. The molecule has 2 fully saturated rings. The molecule has 8 nitrogen and oxygen atoms in total. The fourth-order valence-electron chi connectivity index (χ4n) is 4.50. The lowest BCUT2D eigenvalue weighted by atomic mass is 10.2. The van der Waals surface area contributed by atoms with Gasteiger partial charge in [0.05, 0.1) is 10.2 Å². The monoisotopic (exact) mass is 418 g/mol. The molecule has 1 N–H and O–H groups in total. The molecule has 0 spiro atoms. The van der Waals surface area contributed by atoms with E-state index in [1.807, 2.05) is 36.1 Å². The average Bonchev–Trinajstić information content (AvgIpc) is 3.50. The highest BCUT2D eigenvalue weighted by atomic mass is 32.1. The van der Waals surface area contributed by atoms with E-state index in [-0.39, 0.29) is 0 Å². The van der Waals surface area contributed by atoms with Gasteiger partial charge in [-0.2, -0.15) is 0 Å².